The minimum absolute atomic E-state index is 0.0415. The molecule has 1 unspecified atom stereocenters. The third kappa shape index (κ3) is 5.06. The summed E-state index contributed by atoms with van der Waals surface area (Å²) in [7, 11) is 0. The van der Waals surface area contributed by atoms with Crippen LogP contribution >= 0.6 is 0 Å². The number of nitrogens with zero attached hydrogens (tertiary/aromatic N) is 1. The zero-order valence-corrected chi connectivity index (χ0v) is 15.2. The topological polar surface area (TPSA) is 93.1 Å². The predicted molar refractivity (Wildman–Crippen MR) is 87.0 cm³/mol. The Bertz CT molecular complexity index is 528. The van der Waals surface area contributed by atoms with Crippen molar-refractivity contribution in [3.8, 4) is 0 Å². The predicted octanol–water partition coefficient (Wildman–Crippen LogP) is 2.03. The molecular weight excluding hydrogens is 314 g/mol. The molecule has 0 aromatic rings. The summed E-state index contributed by atoms with van der Waals surface area (Å²) in [5, 5.41) is 9.92. The van der Waals surface area contributed by atoms with Crippen molar-refractivity contribution in [2.24, 2.45) is 5.92 Å². The van der Waals surface area contributed by atoms with Crippen LogP contribution in [0.4, 0.5) is 4.79 Å². The van der Waals surface area contributed by atoms with Crippen LogP contribution in [-0.4, -0.2) is 51.3 Å². The molecule has 1 N–H and O–H groups in total. The molecule has 0 aromatic heterocycles. The molecule has 0 saturated carbocycles. The van der Waals surface area contributed by atoms with E-state index in [9.17, 15) is 19.5 Å². The zero-order chi connectivity index (χ0) is 18.9. The van der Waals surface area contributed by atoms with Crippen LogP contribution in [-0.2, 0) is 19.1 Å². The Hall–Kier alpha value is -1.89. The van der Waals surface area contributed by atoms with E-state index in [2.05, 4.69) is 6.58 Å². The van der Waals surface area contributed by atoms with E-state index < -0.39 is 47.2 Å². The van der Waals surface area contributed by atoms with Crippen LogP contribution in [0.25, 0.3) is 0 Å². The number of aliphatic hydroxyl groups is 1. The van der Waals surface area contributed by atoms with E-state index in [-0.39, 0.29) is 6.42 Å². The van der Waals surface area contributed by atoms with Crippen molar-refractivity contribution in [1.29, 1.82) is 0 Å². The van der Waals surface area contributed by atoms with Crippen molar-refractivity contribution in [2.75, 3.05) is 0 Å². The summed E-state index contributed by atoms with van der Waals surface area (Å²) in [6.45, 7) is 13.5. The van der Waals surface area contributed by atoms with E-state index in [1.54, 1.807) is 41.5 Å². The summed E-state index contributed by atoms with van der Waals surface area (Å²) in [4.78, 5) is 38.1. The first kappa shape index (κ1) is 20.2. The minimum atomic E-state index is -1.16. The lowest BCUT2D eigenvalue weighted by molar-refractivity contribution is -0.161. The highest BCUT2D eigenvalue weighted by Gasteiger charge is 2.51. The molecule has 1 saturated heterocycles. The third-order valence-electron chi connectivity index (χ3n) is 3.27. The van der Waals surface area contributed by atoms with Crippen molar-refractivity contribution in [3.05, 3.63) is 12.7 Å². The number of hydrogen-bond acceptors (Lipinski definition) is 6. The van der Waals surface area contributed by atoms with Gasteiger partial charge in [-0.2, -0.15) is 0 Å². The molecule has 0 radical (unpaired) electrons. The lowest BCUT2D eigenvalue weighted by Gasteiger charge is -2.28. The van der Waals surface area contributed by atoms with Crippen LogP contribution in [0.2, 0.25) is 0 Å². The first-order valence-electron chi connectivity index (χ1n) is 7.86. The van der Waals surface area contributed by atoms with Gasteiger partial charge in [0.25, 0.3) is 0 Å². The molecule has 136 valence electrons. The number of rotatable bonds is 3. The SMILES string of the molecule is C=CC(O)[C@H]1C[C@@H](C(=O)OC(C)(C)C)N(C(=O)OC(C)(C)C)C1=O. The highest BCUT2D eigenvalue weighted by atomic mass is 16.6. The second kappa shape index (κ2) is 6.93. The quantitative estimate of drug-likeness (QED) is 0.623. The number of ether oxygens (including phenoxy) is 2. The van der Waals surface area contributed by atoms with Gasteiger partial charge in [-0.3, -0.25) is 4.79 Å². The Morgan fingerprint density at radius 2 is 1.71 bits per heavy atom. The molecule has 1 aliphatic heterocycles. The van der Waals surface area contributed by atoms with Crippen molar-refractivity contribution in [2.45, 2.75) is 71.3 Å². The van der Waals surface area contributed by atoms with Gasteiger partial charge in [-0.25, -0.2) is 14.5 Å². The third-order valence-corrected chi connectivity index (χ3v) is 3.27. The van der Waals surface area contributed by atoms with Gasteiger partial charge in [-0.05, 0) is 48.0 Å². The fraction of sp³-hybridized carbons (Fsp3) is 0.706. The number of imide groups is 1. The van der Waals surface area contributed by atoms with E-state index in [0.717, 1.165) is 4.90 Å². The number of esters is 1. The molecule has 1 aliphatic rings. The normalized spacial score (nSPS) is 23.0. The Balaban J connectivity index is 3.11. The van der Waals surface area contributed by atoms with Gasteiger partial charge in [0.05, 0.1) is 12.0 Å². The van der Waals surface area contributed by atoms with E-state index in [4.69, 9.17) is 9.47 Å². The fourth-order valence-electron chi connectivity index (χ4n) is 2.33. The van der Waals surface area contributed by atoms with E-state index in [1.165, 1.54) is 6.08 Å². The van der Waals surface area contributed by atoms with Crippen LogP contribution < -0.4 is 0 Å². The van der Waals surface area contributed by atoms with Gasteiger partial charge in [-0.1, -0.05) is 6.08 Å². The first-order chi connectivity index (χ1) is 10.8. The number of carbonyl (C=O) groups excluding carboxylic acids is 3. The molecular formula is C17H27NO6. The molecule has 0 aromatic carbocycles. The molecule has 1 fully saturated rings. The van der Waals surface area contributed by atoms with E-state index in [0.29, 0.717) is 0 Å². The smallest absolute Gasteiger partial charge is 0.417 e. The molecule has 0 aliphatic carbocycles. The molecule has 0 spiro atoms. The Labute approximate surface area is 142 Å². The molecule has 7 heteroatoms. The molecule has 0 bridgehead atoms. The summed E-state index contributed by atoms with van der Waals surface area (Å²) in [6, 6.07) is -1.13. The number of likely N-dealkylation sites (tertiary alicyclic amines) is 1. The van der Waals surface area contributed by atoms with E-state index >= 15 is 0 Å². The Kier molecular flexibility index (Phi) is 5.82. The average molecular weight is 341 g/mol. The van der Waals surface area contributed by atoms with Gasteiger partial charge in [0.2, 0.25) is 5.91 Å². The van der Waals surface area contributed by atoms with Gasteiger partial charge in [0.15, 0.2) is 0 Å². The summed E-state index contributed by atoms with van der Waals surface area (Å²) < 4.78 is 10.5. The molecule has 1 rings (SSSR count). The number of amides is 2. The highest BCUT2D eigenvalue weighted by molar-refractivity contribution is 6.01. The Morgan fingerprint density at radius 1 is 1.21 bits per heavy atom. The van der Waals surface area contributed by atoms with Gasteiger partial charge in [0.1, 0.15) is 17.2 Å². The summed E-state index contributed by atoms with van der Waals surface area (Å²) in [5.41, 5.74) is -1.60. The standard InChI is InChI=1S/C17H27NO6/c1-8-12(19)10-9-11(14(21)23-16(2,3)4)18(13(10)20)15(22)24-17(5,6)7/h8,10-12,19H,1,9H2,2-7H3/t10-,11+,12?/m1/s1. The Morgan fingerprint density at radius 3 is 2.12 bits per heavy atom. The number of carbonyl (C=O) groups is 3. The summed E-state index contributed by atoms with van der Waals surface area (Å²) in [6.07, 6.45) is -0.926. The van der Waals surface area contributed by atoms with Gasteiger partial charge >= 0.3 is 12.1 Å². The van der Waals surface area contributed by atoms with Crippen LogP contribution in [0.1, 0.15) is 48.0 Å². The number of hydrogen-bond donors (Lipinski definition) is 1. The maximum Gasteiger partial charge on any atom is 0.417 e. The van der Waals surface area contributed by atoms with Gasteiger partial charge < -0.3 is 14.6 Å². The summed E-state index contributed by atoms with van der Waals surface area (Å²) >= 11 is 0. The minimum Gasteiger partial charge on any atom is -0.458 e. The molecule has 7 nitrogen and oxygen atoms in total. The van der Waals surface area contributed by atoms with Crippen LogP contribution in [0.15, 0.2) is 12.7 Å². The first-order valence-corrected chi connectivity index (χ1v) is 7.86. The number of aliphatic hydroxyl groups excluding tert-OH is 1. The van der Waals surface area contributed by atoms with Crippen molar-refractivity contribution >= 4 is 18.0 Å². The molecule has 1 heterocycles. The lowest BCUT2D eigenvalue weighted by Crippen LogP contribution is -2.47. The second-order valence-electron chi connectivity index (χ2n) is 7.81. The maximum atomic E-state index is 12.5. The second-order valence-corrected chi connectivity index (χ2v) is 7.81. The van der Waals surface area contributed by atoms with Crippen molar-refractivity contribution < 1.29 is 29.0 Å². The molecule has 2 amide bonds. The molecule has 3 atom stereocenters. The van der Waals surface area contributed by atoms with Gasteiger partial charge in [-0.15, -0.1) is 6.58 Å². The van der Waals surface area contributed by atoms with Crippen molar-refractivity contribution in [3.63, 3.8) is 0 Å². The lowest BCUT2D eigenvalue weighted by atomic mass is 9.98. The van der Waals surface area contributed by atoms with E-state index in [1.807, 2.05) is 0 Å². The molecule has 24 heavy (non-hydrogen) atoms. The monoisotopic (exact) mass is 341 g/mol. The fourth-order valence-corrected chi connectivity index (χ4v) is 2.33. The van der Waals surface area contributed by atoms with Gasteiger partial charge in [0, 0.05) is 0 Å². The average Bonchev–Trinajstić information content (AvgIpc) is 2.71. The van der Waals surface area contributed by atoms with Crippen molar-refractivity contribution in [1.82, 2.24) is 4.90 Å². The highest BCUT2D eigenvalue weighted by Crippen LogP contribution is 2.31. The zero-order valence-electron chi connectivity index (χ0n) is 15.2. The maximum absolute atomic E-state index is 12.5. The summed E-state index contributed by atoms with van der Waals surface area (Å²) in [5.74, 6) is -2.32. The van der Waals surface area contributed by atoms with Crippen LogP contribution in [0.3, 0.4) is 0 Å². The van der Waals surface area contributed by atoms with Crippen LogP contribution in [0.5, 0.6) is 0 Å². The van der Waals surface area contributed by atoms with Crippen LogP contribution in [0, 0.1) is 5.92 Å². The largest absolute Gasteiger partial charge is 0.458 e.